The number of imide groups is 1. The van der Waals surface area contributed by atoms with Gasteiger partial charge in [0.05, 0.1) is 17.0 Å². The lowest BCUT2D eigenvalue weighted by Gasteiger charge is -2.40. The molecule has 3 amide bonds. The molecule has 1 heterocycles. The third-order valence-corrected chi connectivity index (χ3v) is 9.19. The van der Waals surface area contributed by atoms with E-state index >= 15 is 0 Å². The highest BCUT2D eigenvalue weighted by Crippen LogP contribution is 2.44. The molecule has 2 fully saturated rings. The summed E-state index contributed by atoms with van der Waals surface area (Å²) in [6.07, 6.45) is 5.36. The van der Waals surface area contributed by atoms with Crippen LogP contribution >= 0.6 is 11.6 Å². The van der Waals surface area contributed by atoms with E-state index in [2.05, 4.69) is 4.90 Å². The normalized spacial score (nSPS) is 20.2. The molecule has 0 spiro atoms. The molecule has 1 saturated heterocycles. The molecule has 8 nitrogen and oxygen atoms in total. The van der Waals surface area contributed by atoms with E-state index < -0.39 is 11.4 Å². The van der Waals surface area contributed by atoms with E-state index in [9.17, 15) is 23.9 Å². The number of fused-ring (bicyclic) bond motifs is 1. The molecule has 1 saturated carbocycles. The molecule has 0 unspecified atom stereocenters. The fourth-order valence-electron chi connectivity index (χ4n) is 6.67. The number of benzene rings is 2. The number of amides is 3. The van der Waals surface area contributed by atoms with Crippen molar-refractivity contribution >= 4 is 29.5 Å². The van der Waals surface area contributed by atoms with E-state index in [1.807, 2.05) is 31.2 Å². The summed E-state index contributed by atoms with van der Waals surface area (Å²) in [6.45, 7) is 3.28. The van der Waals surface area contributed by atoms with Gasteiger partial charge in [-0.25, -0.2) is 9.18 Å². The Morgan fingerprint density at radius 1 is 1.20 bits per heavy atom. The predicted molar refractivity (Wildman–Crippen MR) is 152 cm³/mol. The SMILES string of the molecule is Cc1cc(CN(CC2(C(=O)O)CCCCC2)[C@H]2CCc3c2ccc(Cl)c3F)ccc1OCCN1C(=O)CN(C)C1=O. The summed E-state index contributed by atoms with van der Waals surface area (Å²) in [7, 11) is 1.59. The highest BCUT2D eigenvalue weighted by molar-refractivity contribution is 6.30. The zero-order chi connectivity index (χ0) is 29.3. The number of aryl methyl sites for hydroxylation is 1. The van der Waals surface area contributed by atoms with Gasteiger partial charge in [-0.05, 0) is 67.0 Å². The van der Waals surface area contributed by atoms with Crippen LogP contribution in [0.15, 0.2) is 30.3 Å². The van der Waals surface area contributed by atoms with Crippen molar-refractivity contribution in [3.05, 3.63) is 63.4 Å². The molecule has 5 rings (SSSR count). The molecule has 2 aromatic rings. The topological polar surface area (TPSA) is 90.4 Å². The standard InChI is InChI=1S/C31H37ClFN3O5/c1-20-16-21(6-11-26(20)41-15-14-36-27(37)18-34(2)30(36)40)17-35(19-31(29(38)39)12-4-3-5-13-31)25-10-8-23-22(25)7-9-24(32)28(23)33/h6-7,9,11,16,25H,3-5,8,10,12-15,17-19H2,1-2H3,(H,38,39)/t25-/m0/s1. The maximum Gasteiger partial charge on any atom is 0.327 e. The molecule has 0 aromatic heterocycles. The number of nitrogens with zero attached hydrogens (tertiary/aromatic N) is 3. The highest BCUT2D eigenvalue weighted by Gasteiger charge is 2.43. The predicted octanol–water partition coefficient (Wildman–Crippen LogP) is 5.58. The molecule has 0 bridgehead atoms. The van der Waals surface area contributed by atoms with Crippen molar-refractivity contribution in [3.8, 4) is 5.75 Å². The van der Waals surface area contributed by atoms with Gasteiger partial charge in [0.25, 0.3) is 0 Å². The first-order valence-electron chi connectivity index (χ1n) is 14.3. The summed E-state index contributed by atoms with van der Waals surface area (Å²) < 4.78 is 20.8. The fraction of sp³-hybridized carbons (Fsp3) is 0.516. The van der Waals surface area contributed by atoms with Crippen LogP contribution in [0.4, 0.5) is 9.18 Å². The minimum absolute atomic E-state index is 0.0807. The van der Waals surface area contributed by atoms with Gasteiger partial charge in [0.1, 0.15) is 24.7 Å². The lowest BCUT2D eigenvalue weighted by molar-refractivity contribution is -0.153. The number of hydrogen-bond donors (Lipinski definition) is 1. The van der Waals surface area contributed by atoms with E-state index in [-0.39, 0.29) is 48.5 Å². The van der Waals surface area contributed by atoms with Crippen LogP contribution in [0.1, 0.15) is 66.8 Å². The van der Waals surface area contributed by atoms with Crippen molar-refractivity contribution in [1.29, 1.82) is 0 Å². The number of ether oxygens (including phenoxy) is 1. The Bertz CT molecular complexity index is 1350. The summed E-state index contributed by atoms with van der Waals surface area (Å²) in [5, 5.41) is 10.5. The number of urea groups is 1. The summed E-state index contributed by atoms with van der Waals surface area (Å²) in [6, 6.07) is 8.90. The van der Waals surface area contributed by atoms with Crippen LogP contribution in [-0.4, -0.2) is 71.0 Å². The molecule has 3 aliphatic rings. The fourth-order valence-corrected chi connectivity index (χ4v) is 6.84. The van der Waals surface area contributed by atoms with Crippen LogP contribution in [-0.2, 0) is 22.6 Å². The second-order valence-corrected chi connectivity index (χ2v) is 12.1. The number of carboxylic acids is 1. The van der Waals surface area contributed by atoms with Crippen LogP contribution in [0.25, 0.3) is 0 Å². The number of halogens is 2. The number of rotatable bonds is 10. The molecule has 1 atom stereocenters. The van der Waals surface area contributed by atoms with Gasteiger partial charge < -0.3 is 14.7 Å². The van der Waals surface area contributed by atoms with Gasteiger partial charge in [-0.1, -0.05) is 49.1 Å². The second kappa shape index (κ2) is 12.0. The van der Waals surface area contributed by atoms with E-state index in [1.165, 1.54) is 9.80 Å². The van der Waals surface area contributed by atoms with Gasteiger partial charge in [-0.3, -0.25) is 19.4 Å². The number of hydrogen-bond acceptors (Lipinski definition) is 5. The van der Waals surface area contributed by atoms with Crippen molar-refractivity contribution in [2.24, 2.45) is 5.41 Å². The number of aliphatic carboxylic acids is 1. The average Bonchev–Trinajstić information content (AvgIpc) is 3.48. The Balaban J connectivity index is 1.34. The van der Waals surface area contributed by atoms with Gasteiger partial charge in [-0.15, -0.1) is 0 Å². The van der Waals surface area contributed by atoms with E-state index in [4.69, 9.17) is 16.3 Å². The summed E-state index contributed by atoms with van der Waals surface area (Å²) in [4.78, 5) is 41.5. The molecule has 1 aliphatic heterocycles. The molecule has 1 N–H and O–H groups in total. The van der Waals surface area contributed by atoms with Gasteiger partial charge in [-0.2, -0.15) is 0 Å². The van der Waals surface area contributed by atoms with Crippen molar-refractivity contribution in [3.63, 3.8) is 0 Å². The first-order chi connectivity index (χ1) is 19.6. The first kappa shape index (κ1) is 29.3. The van der Waals surface area contributed by atoms with Gasteiger partial charge in [0.15, 0.2) is 0 Å². The Morgan fingerprint density at radius 2 is 1.95 bits per heavy atom. The third kappa shape index (κ3) is 5.93. The smallest absolute Gasteiger partial charge is 0.327 e. The minimum Gasteiger partial charge on any atom is -0.491 e. The summed E-state index contributed by atoms with van der Waals surface area (Å²) in [5.41, 5.74) is 2.58. The summed E-state index contributed by atoms with van der Waals surface area (Å²) >= 11 is 6.08. The Labute approximate surface area is 245 Å². The molecule has 2 aromatic carbocycles. The van der Waals surface area contributed by atoms with E-state index in [0.29, 0.717) is 50.1 Å². The largest absolute Gasteiger partial charge is 0.491 e. The number of carbonyl (C=O) groups is 3. The van der Waals surface area contributed by atoms with Crippen molar-refractivity contribution in [1.82, 2.24) is 14.7 Å². The van der Waals surface area contributed by atoms with Crippen molar-refractivity contribution in [2.75, 3.05) is 33.3 Å². The van der Waals surface area contributed by atoms with Crippen LogP contribution in [0.5, 0.6) is 5.75 Å². The maximum absolute atomic E-state index is 14.9. The zero-order valence-electron chi connectivity index (χ0n) is 23.6. The Hall–Kier alpha value is -3.17. The van der Waals surface area contributed by atoms with Gasteiger partial charge >= 0.3 is 12.0 Å². The molecule has 10 heteroatoms. The molecular weight excluding hydrogens is 549 g/mol. The zero-order valence-corrected chi connectivity index (χ0v) is 24.4. The van der Waals surface area contributed by atoms with Crippen molar-refractivity contribution in [2.45, 2.75) is 64.5 Å². The quantitative estimate of drug-likeness (QED) is 0.366. The van der Waals surface area contributed by atoms with Crippen LogP contribution < -0.4 is 4.74 Å². The Morgan fingerprint density at radius 3 is 2.61 bits per heavy atom. The molecular formula is C31H37ClFN3O5. The molecule has 220 valence electrons. The number of carbonyl (C=O) groups excluding carboxylic acids is 2. The third-order valence-electron chi connectivity index (χ3n) is 8.90. The van der Waals surface area contributed by atoms with E-state index in [0.717, 1.165) is 36.0 Å². The maximum atomic E-state index is 14.9. The minimum atomic E-state index is -0.831. The molecule has 0 radical (unpaired) electrons. The van der Waals surface area contributed by atoms with Gasteiger partial charge in [0.2, 0.25) is 5.91 Å². The van der Waals surface area contributed by atoms with Crippen molar-refractivity contribution < 1.29 is 28.6 Å². The number of carboxylic acid groups (broad SMARTS) is 1. The number of likely N-dealkylation sites (N-methyl/N-ethyl adjacent to an activating group) is 1. The lowest BCUT2D eigenvalue weighted by atomic mass is 9.73. The van der Waals surface area contributed by atoms with Crippen LogP contribution in [0.2, 0.25) is 5.02 Å². The van der Waals surface area contributed by atoms with Crippen LogP contribution in [0.3, 0.4) is 0 Å². The van der Waals surface area contributed by atoms with E-state index in [1.54, 1.807) is 13.1 Å². The first-order valence-corrected chi connectivity index (χ1v) is 14.7. The molecule has 2 aliphatic carbocycles. The lowest BCUT2D eigenvalue weighted by Crippen LogP contribution is -2.45. The summed E-state index contributed by atoms with van der Waals surface area (Å²) in [5.74, 6) is -0.715. The monoisotopic (exact) mass is 585 g/mol. The highest BCUT2D eigenvalue weighted by atomic mass is 35.5. The molecule has 41 heavy (non-hydrogen) atoms. The Kier molecular flexibility index (Phi) is 8.57. The van der Waals surface area contributed by atoms with Gasteiger partial charge in [0, 0.05) is 26.2 Å². The van der Waals surface area contributed by atoms with Crippen LogP contribution in [0, 0.1) is 18.2 Å². The second-order valence-electron chi connectivity index (χ2n) is 11.7. The average molecular weight is 586 g/mol.